The minimum atomic E-state index is -0.0916. The van der Waals surface area contributed by atoms with Crippen LogP contribution in [0.1, 0.15) is 44.0 Å². The van der Waals surface area contributed by atoms with E-state index in [-0.39, 0.29) is 11.2 Å². The van der Waals surface area contributed by atoms with Crippen molar-refractivity contribution in [2.75, 3.05) is 0 Å². The van der Waals surface area contributed by atoms with Crippen LogP contribution in [0.15, 0.2) is 12.3 Å². The summed E-state index contributed by atoms with van der Waals surface area (Å²) in [6.07, 6.45) is 1.63. The molecule has 0 bridgehead atoms. The summed E-state index contributed by atoms with van der Waals surface area (Å²) in [6, 6.07) is 1.84. The molecule has 0 saturated carbocycles. The van der Waals surface area contributed by atoms with Crippen LogP contribution < -0.4 is 0 Å². The Bertz CT molecular complexity index is 326. The average molecular weight is 178 g/mol. The molecule has 13 heavy (non-hydrogen) atoms. The third-order valence-electron chi connectivity index (χ3n) is 1.74. The van der Waals surface area contributed by atoms with Gasteiger partial charge in [0.2, 0.25) is 0 Å². The summed E-state index contributed by atoms with van der Waals surface area (Å²) in [4.78, 5) is 19.1. The lowest BCUT2D eigenvalue weighted by atomic mass is 9.92. The molecular weight excluding hydrogens is 164 g/mol. The van der Waals surface area contributed by atoms with Crippen molar-refractivity contribution in [1.82, 2.24) is 9.97 Å². The zero-order valence-corrected chi connectivity index (χ0v) is 8.46. The van der Waals surface area contributed by atoms with Gasteiger partial charge in [0.1, 0.15) is 0 Å². The molecule has 0 radical (unpaired) electrons. The van der Waals surface area contributed by atoms with Gasteiger partial charge in [-0.1, -0.05) is 20.8 Å². The maximum Gasteiger partial charge on any atom is 0.196 e. The summed E-state index contributed by atoms with van der Waals surface area (Å²) < 4.78 is 0. The number of ketones is 1. The van der Waals surface area contributed by atoms with Gasteiger partial charge in [-0.25, -0.2) is 9.97 Å². The number of Topliss-reactive ketones (excluding diaryl/α,β-unsaturated/α-hetero) is 1. The normalized spacial score (nSPS) is 11.4. The van der Waals surface area contributed by atoms with Crippen LogP contribution in [0.4, 0.5) is 0 Å². The van der Waals surface area contributed by atoms with Crippen molar-refractivity contribution in [2.24, 2.45) is 0 Å². The van der Waals surface area contributed by atoms with Gasteiger partial charge in [0, 0.05) is 24.2 Å². The molecule has 0 amide bonds. The lowest BCUT2D eigenvalue weighted by molar-refractivity contribution is 0.100. The number of rotatable bonds is 1. The van der Waals surface area contributed by atoms with E-state index < -0.39 is 0 Å². The molecule has 0 spiro atoms. The van der Waals surface area contributed by atoms with Crippen molar-refractivity contribution >= 4 is 5.78 Å². The highest BCUT2D eigenvalue weighted by Gasteiger charge is 2.16. The van der Waals surface area contributed by atoms with Gasteiger partial charge >= 0.3 is 0 Å². The summed E-state index contributed by atoms with van der Waals surface area (Å²) in [5.41, 5.74) is 0.861. The third kappa shape index (κ3) is 2.34. The number of aromatic nitrogens is 2. The maximum atomic E-state index is 11.0. The van der Waals surface area contributed by atoms with Crippen molar-refractivity contribution in [2.45, 2.75) is 33.1 Å². The first-order chi connectivity index (χ1) is 5.91. The fourth-order valence-electron chi connectivity index (χ4n) is 0.946. The second kappa shape index (κ2) is 3.24. The highest BCUT2D eigenvalue weighted by Crippen LogP contribution is 2.18. The Kier molecular flexibility index (Phi) is 2.45. The van der Waals surface area contributed by atoms with E-state index in [1.165, 1.54) is 6.92 Å². The first kappa shape index (κ1) is 9.84. The summed E-state index contributed by atoms with van der Waals surface area (Å²) in [5.74, 6) is 0.207. The number of carbonyl (C=O) groups excluding carboxylic acids is 1. The number of carbonyl (C=O) groups is 1. The van der Waals surface area contributed by atoms with Crippen LogP contribution in [0, 0.1) is 0 Å². The molecule has 1 heterocycles. The van der Waals surface area contributed by atoms with E-state index in [0.29, 0.717) is 5.82 Å². The molecule has 0 aromatic carbocycles. The van der Waals surface area contributed by atoms with Crippen molar-refractivity contribution in [3.05, 3.63) is 23.8 Å². The third-order valence-corrected chi connectivity index (χ3v) is 1.74. The summed E-state index contributed by atoms with van der Waals surface area (Å²) >= 11 is 0. The average Bonchev–Trinajstić information content (AvgIpc) is 2.03. The minimum absolute atomic E-state index is 0.0346. The Morgan fingerprint density at radius 2 is 2.00 bits per heavy atom. The first-order valence-electron chi connectivity index (χ1n) is 4.26. The molecule has 0 fully saturated rings. The fourth-order valence-corrected chi connectivity index (χ4v) is 0.946. The summed E-state index contributed by atoms with van der Waals surface area (Å²) in [7, 11) is 0. The molecule has 1 rings (SSSR count). The predicted octanol–water partition coefficient (Wildman–Crippen LogP) is 1.98. The Morgan fingerprint density at radius 1 is 1.38 bits per heavy atom. The van der Waals surface area contributed by atoms with Crippen LogP contribution in [0.3, 0.4) is 0 Å². The maximum absolute atomic E-state index is 11.0. The Morgan fingerprint density at radius 3 is 2.46 bits per heavy atom. The van der Waals surface area contributed by atoms with E-state index in [1.807, 2.05) is 6.07 Å². The van der Waals surface area contributed by atoms with Crippen LogP contribution in [-0.4, -0.2) is 15.8 Å². The molecule has 70 valence electrons. The highest BCUT2D eigenvalue weighted by atomic mass is 16.1. The van der Waals surface area contributed by atoms with Gasteiger partial charge in [0.25, 0.3) is 0 Å². The number of nitrogens with zero attached hydrogens (tertiary/aromatic N) is 2. The van der Waals surface area contributed by atoms with E-state index in [2.05, 4.69) is 30.7 Å². The molecule has 0 saturated heterocycles. The van der Waals surface area contributed by atoms with Gasteiger partial charge in [-0.3, -0.25) is 4.79 Å². The fraction of sp³-hybridized carbons (Fsp3) is 0.500. The van der Waals surface area contributed by atoms with E-state index in [1.54, 1.807) is 6.20 Å². The quantitative estimate of drug-likeness (QED) is 0.617. The summed E-state index contributed by atoms with van der Waals surface area (Å²) in [6.45, 7) is 7.64. The van der Waals surface area contributed by atoms with E-state index in [0.717, 1.165) is 5.69 Å². The molecule has 0 N–H and O–H groups in total. The Balaban J connectivity index is 3.13. The van der Waals surface area contributed by atoms with Gasteiger partial charge < -0.3 is 0 Å². The topological polar surface area (TPSA) is 42.9 Å². The Labute approximate surface area is 78.2 Å². The minimum Gasteiger partial charge on any atom is -0.291 e. The van der Waals surface area contributed by atoms with Crippen LogP contribution in [0.25, 0.3) is 0 Å². The molecule has 3 heteroatoms. The second-order valence-corrected chi connectivity index (χ2v) is 4.07. The summed E-state index contributed by atoms with van der Waals surface area (Å²) in [5, 5.41) is 0. The Hall–Kier alpha value is -1.25. The van der Waals surface area contributed by atoms with Crippen LogP contribution >= 0.6 is 0 Å². The molecule has 0 aliphatic rings. The highest BCUT2D eigenvalue weighted by molar-refractivity contribution is 5.90. The van der Waals surface area contributed by atoms with Crippen molar-refractivity contribution in [3.8, 4) is 0 Å². The number of hydrogen-bond acceptors (Lipinski definition) is 3. The van der Waals surface area contributed by atoms with Gasteiger partial charge in [0.15, 0.2) is 11.6 Å². The monoisotopic (exact) mass is 178 g/mol. The first-order valence-corrected chi connectivity index (χ1v) is 4.26. The number of hydrogen-bond donors (Lipinski definition) is 0. The molecule has 0 unspecified atom stereocenters. The van der Waals surface area contributed by atoms with Crippen molar-refractivity contribution < 1.29 is 4.79 Å². The van der Waals surface area contributed by atoms with E-state index in [4.69, 9.17) is 0 Å². The van der Waals surface area contributed by atoms with Gasteiger partial charge in [-0.2, -0.15) is 0 Å². The molecule has 3 nitrogen and oxygen atoms in total. The van der Waals surface area contributed by atoms with Gasteiger partial charge in [-0.15, -0.1) is 0 Å². The van der Waals surface area contributed by atoms with Crippen LogP contribution in [-0.2, 0) is 5.41 Å². The van der Waals surface area contributed by atoms with Crippen molar-refractivity contribution in [3.63, 3.8) is 0 Å². The molecule has 1 aromatic rings. The zero-order chi connectivity index (χ0) is 10.1. The van der Waals surface area contributed by atoms with Crippen LogP contribution in [0.5, 0.6) is 0 Å². The second-order valence-electron chi connectivity index (χ2n) is 4.07. The molecule has 0 aliphatic heterocycles. The smallest absolute Gasteiger partial charge is 0.196 e. The lowest BCUT2D eigenvalue weighted by Gasteiger charge is -2.17. The lowest BCUT2D eigenvalue weighted by Crippen LogP contribution is -2.16. The molecular formula is C10H14N2O. The van der Waals surface area contributed by atoms with E-state index in [9.17, 15) is 4.79 Å². The SMILES string of the molecule is CC(=O)c1nccc(C(C)(C)C)n1. The van der Waals surface area contributed by atoms with Crippen LogP contribution in [0.2, 0.25) is 0 Å². The van der Waals surface area contributed by atoms with Gasteiger partial charge in [0.05, 0.1) is 0 Å². The van der Waals surface area contributed by atoms with Gasteiger partial charge in [-0.05, 0) is 6.07 Å². The zero-order valence-electron chi connectivity index (χ0n) is 8.46. The largest absolute Gasteiger partial charge is 0.291 e. The molecule has 0 aliphatic carbocycles. The molecule has 1 aromatic heterocycles. The van der Waals surface area contributed by atoms with Crippen molar-refractivity contribution in [1.29, 1.82) is 0 Å². The predicted molar refractivity (Wildman–Crippen MR) is 50.7 cm³/mol. The molecule has 0 atom stereocenters. The standard InChI is InChI=1S/C10H14N2O/c1-7(13)9-11-6-5-8(12-9)10(2,3)4/h5-6H,1-4H3. The van der Waals surface area contributed by atoms with E-state index >= 15 is 0 Å².